The molecule has 0 aromatic heterocycles. The lowest BCUT2D eigenvalue weighted by atomic mass is 10.1. The van der Waals surface area contributed by atoms with Gasteiger partial charge in [-0.15, -0.1) is 0 Å². The first-order valence-corrected chi connectivity index (χ1v) is 27.8. The molecule has 0 saturated heterocycles. The first-order chi connectivity index (χ1) is 34.0. The van der Waals surface area contributed by atoms with Crippen molar-refractivity contribution in [2.24, 2.45) is 0 Å². The number of rotatable bonds is 48. The van der Waals surface area contributed by atoms with Gasteiger partial charge in [0.05, 0.1) is 0 Å². The maximum absolute atomic E-state index is 12.8. The zero-order valence-corrected chi connectivity index (χ0v) is 44.3. The molecule has 69 heavy (non-hydrogen) atoms. The molecule has 0 aliphatic carbocycles. The van der Waals surface area contributed by atoms with Crippen LogP contribution in [0.3, 0.4) is 0 Å². The van der Waals surface area contributed by atoms with Crippen molar-refractivity contribution >= 4 is 17.9 Å². The highest BCUT2D eigenvalue weighted by atomic mass is 16.6. The molecule has 0 aromatic rings. The second-order valence-electron chi connectivity index (χ2n) is 17.8. The molecule has 0 aliphatic rings. The molecule has 0 aromatic carbocycles. The van der Waals surface area contributed by atoms with Gasteiger partial charge >= 0.3 is 17.9 Å². The molecule has 0 rings (SSSR count). The summed E-state index contributed by atoms with van der Waals surface area (Å²) in [5.74, 6) is -1.04. The van der Waals surface area contributed by atoms with Crippen molar-refractivity contribution < 1.29 is 28.6 Å². The van der Waals surface area contributed by atoms with Crippen LogP contribution in [-0.4, -0.2) is 37.2 Å². The molecular formula is C63H100O6. The van der Waals surface area contributed by atoms with E-state index < -0.39 is 6.10 Å². The minimum Gasteiger partial charge on any atom is -0.462 e. The van der Waals surface area contributed by atoms with Gasteiger partial charge < -0.3 is 14.2 Å². The summed E-state index contributed by atoms with van der Waals surface area (Å²) in [5.41, 5.74) is 0. The Hall–Kier alpha value is -4.45. The topological polar surface area (TPSA) is 78.9 Å². The molecular weight excluding hydrogens is 853 g/mol. The number of ether oxygens (including phenoxy) is 3. The van der Waals surface area contributed by atoms with Crippen molar-refractivity contribution in [2.75, 3.05) is 13.2 Å². The molecule has 6 nitrogen and oxygen atoms in total. The summed E-state index contributed by atoms with van der Waals surface area (Å²) in [6.07, 6.45) is 78.8. The Labute approximate surface area is 424 Å². The highest BCUT2D eigenvalue weighted by molar-refractivity contribution is 5.71. The molecule has 1 unspecified atom stereocenters. The van der Waals surface area contributed by atoms with E-state index in [-0.39, 0.29) is 37.5 Å². The second kappa shape index (κ2) is 56.1. The summed E-state index contributed by atoms with van der Waals surface area (Å²) in [6, 6.07) is 0. The molecule has 0 N–H and O–H groups in total. The van der Waals surface area contributed by atoms with Crippen LogP contribution in [0.2, 0.25) is 0 Å². The minimum atomic E-state index is -0.828. The summed E-state index contributed by atoms with van der Waals surface area (Å²) in [6.45, 7) is 6.27. The number of esters is 3. The predicted octanol–water partition coefficient (Wildman–Crippen LogP) is 18.6. The monoisotopic (exact) mass is 953 g/mol. The van der Waals surface area contributed by atoms with Crippen molar-refractivity contribution in [2.45, 2.75) is 232 Å². The normalized spacial score (nSPS) is 13.1. The van der Waals surface area contributed by atoms with Crippen molar-refractivity contribution in [1.29, 1.82) is 0 Å². The average Bonchev–Trinajstić information content (AvgIpc) is 3.35. The quantitative estimate of drug-likeness (QED) is 0.0199. The van der Waals surface area contributed by atoms with Gasteiger partial charge in [-0.05, 0) is 103 Å². The highest BCUT2D eigenvalue weighted by Crippen LogP contribution is 2.14. The van der Waals surface area contributed by atoms with Crippen LogP contribution in [0.25, 0.3) is 0 Å². The van der Waals surface area contributed by atoms with Gasteiger partial charge in [0.1, 0.15) is 13.2 Å². The molecule has 0 aliphatic heterocycles. The third-order valence-electron chi connectivity index (χ3n) is 11.2. The fourth-order valence-electron chi connectivity index (χ4n) is 7.14. The Morgan fingerprint density at radius 3 is 1.13 bits per heavy atom. The van der Waals surface area contributed by atoms with Crippen molar-refractivity contribution in [3.05, 3.63) is 134 Å². The first-order valence-electron chi connectivity index (χ1n) is 27.8. The Balaban J connectivity index is 4.53. The summed E-state index contributed by atoms with van der Waals surface area (Å²) in [7, 11) is 0. The number of carbonyl (C=O) groups is 3. The Morgan fingerprint density at radius 2 is 0.652 bits per heavy atom. The van der Waals surface area contributed by atoms with Gasteiger partial charge in [-0.25, -0.2) is 0 Å². The first kappa shape index (κ1) is 64.5. The fourth-order valence-corrected chi connectivity index (χ4v) is 7.14. The number of allylic oxidation sites excluding steroid dienone is 22. The van der Waals surface area contributed by atoms with E-state index in [2.05, 4.69) is 99.8 Å². The predicted molar refractivity (Wildman–Crippen MR) is 297 cm³/mol. The van der Waals surface area contributed by atoms with Crippen LogP contribution >= 0.6 is 0 Å². The average molecular weight is 953 g/mol. The summed E-state index contributed by atoms with van der Waals surface area (Å²) < 4.78 is 16.7. The van der Waals surface area contributed by atoms with E-state index in [0.29, 0.717) is 19.3 Å². The van der Waals surface area contributed by atoms with Gasteiger partial charge in [0.2, 0.25) is 0 Å². The van der Waals surface area contributed by atoms with Crippen LogP contribution in [0.15, 0.2) is 134 Å². The fraction of sp³-hybridized carbons (Fsp3) is 0.603. The maximum Gasteiger partial charge on any atom is 0.306 e. The SMILES string of the molecule is CC/C=C/C=C/C=C/C=C/C=C/CCCC(=O)OCC(COC(=O)CCCCC/C=C/C/C=C/C/C=C/C/C=C/C/C=C/CC)OC(=O)CCCCCCCCC/C=C/CCCCCCCCCC. The van der Waals surface area contributed by atoms with Crippen LogP contribution in [0.1, 0.15) is 226 Å². The van der Waals surface area contributed by atoms with E-state index in [1.54, 1.807) is 0 Å². The molecule has 0 saturated carbocycles. The van der Waals surface area contributed by atoms with E-state index in [1.165, 1.54) is 89.9 Å². The van der Waals surface area contributed by atoms with Gasteiger partial charge in [0.25, 0.3) is 0 Å². The Bertz CT molecular complexity index is 1510. The van der Waals surface area contributed by atoms with Crippen LogP contribution in [0.5, 0.6) is 0 Å². The van der Waals surface area contributed by atoms with Gasteiger partial charge in [-0.2, -0.15) is 0 Å². The van der Waals surface area contributed by atoms with E-state index in [1.807, 2.05) is 54.7 Å². The third-order valence-corrected chi connectivity index (χ3v) is 11.2. The van der Waals surface area contributed by atoms with Crippen LogP contribution < -0.4 is 0 Å². The highest BCUT2D eigenvalue weighted by Gasteiger charge is 2.19. The van der Waals surface area contributed by atoms with E-state index in [4.69, 9.17) is 14.2 Å². The number of hydrogen-bond donors (Lipinski definition) is 0. The molecule has 1 atom stereocenters. The zero-order chi connectivity index (χ0) is 50.0. The maximum atomic E-state index is 12.8. The van der Waals surface area contributed by atoms with Gasteiger partial charge in [0, 0.05) is 19.3 Å². The molecule has 0 bridgehead atoms. The minimum absolute atomic E-state index is 0.124. The van der Waals surface area contributed by atoms with Crippen molar-refractivity contribution in [3.63, 3.8) is 0 Å². The van der Waals surface area contributed by atoms with E-state index in [9.17, 15) is 14.4 Å². The lowest BCUT2D eigenvalue weighted by Crippen LogP contribution is -2.30. The largest absolute Gasteiger partial charge is 0.462 e. The number of carbonyl (C=O) groups excluding carboxylic acids is 3. The van der Waals surface area contributed by atoms with E-state index >= 15 is 0 Å². The molecule has 0 amide bonds. The molecule has 0 radical (unpaired) electrons. The van der Waals surface area contributed by atoms with Crippen molar-refractivity contribution in [3.8, 4) is 0 Å². The number of hydrogen-bond acceptors (Lipinski definition) is 6. The Morgan fingerprint density at radius 1 is 0.319 bits per heavy atom. The lowest BCUT2D eigenvalue weighted by Gasteiger charge is -2.18. The molecule has 0 fully saturated rings. The van der Waals surface area contributed by atoms with Crippen LogP contribution in [-0.2, 0) is 28.6 Å². The second-order valence-corrected chi connectivity index (χ2v) is 17.8. The molecule has 6 heteroatoms. The smallest absolute Gasteiger partial charge is 0.306 e. The van der Waals surface area contributed by atoms with Gasteiger partial charge in [-0.3, -0.25) is 14.4 Å². The summed E-state index contributed by atoms with van der Waals surface area (Å²) in [5, 5.41) is 0. The molecule has 0 heterocycles. The lowest BCUT2D eigenvalue weighted by molar-refractivity contribution is -0.167. The van der Waals surface area contributed by atoms with Gasteiger partial charge in [0.15, 0.2) is 6.10 Å². The summed E-state index contributed by atoms with van der Waals surface area (Å²) >= 11 is 0. The van der Waals surface area contributed by atoms with E-state index in [0.717, 1.165) is 89.9 Å². The van der Waals surface area contributed by atoms with Crippen LogP contribution in [0.4, 0.5) is 0 Å². The molecule has 0 spiro atoms. The third kappa shape index (κ3) is 54.4. The van der Waals surface area contributed by atoms with Crippen LogP contribution in [0, 0.1) is 0 Å². The summed E-state index contributed by atoms with van der Waals surface area (Å²) in [4.78, 5) is 38.1. The zero-order valence-electron chi connectivity index (χ0n) is 44.3. The van der Waals surface area contributed by atoms with Gasteiger partial charge in [-0.1, -0.05) is 238 Å². The Kier molecular flexibility index (Phi) is 52.5. The van der Waals surface area contributed by atoms with Crippen molar-refractivity contribution in [1.82, 2.24) is 0 Å². The standard InChI is InChI=1S/C63H100O6/c1-4-7-10-13-16-19-22-25-27-29-31-33-35-38-41-44-47-50-53-56-62(65)68-59-60(58-67-61(64)55-52-49-46-43-40-37-24-21-18-15-12-9-6-3)69-63(66)57-54-51-48-45-42-39-36-34-32-30-28-26-23-20-17-14-11-8-5-2/h7,9-10,12,15-16,18-19,21,24-25,27,30-33,37-38,40-41,43,46,60H,4-6,8,11,13-14,17,20,22-23,26,28-29,34-36,39,42,44-45,47-59H2,1-3H3/b10-7+,12-9+,18-15+,19-16+,24-21+,27-25+,32-30+,33-31+,40-37+,41-38+,46-43+. The molecule has 388 valence electrons. The number of unbranched alkanes of at least 4 members (excludes halogenated alkanes) is 19.